The number of carbonyl (C=O) groups excluding carboxylic acids is 1. The number of aromatic amines is 2. The van der Waals surface area contributed by atoms with E-state index >= 15 is 0 Å². The van der Waals surface area contributed by atoms with Crippen molar-refractivity contribution in [2.75, 3.05) is 13.6 Å². The van der Waals surface area contributed by atoms with Crippen molar-refractivity contribution in [1.82, 2.24) is 35.5 Å². The number of nitrogens with one attached hydrogen (secondary N) is 3. The largest absolute Gasteiger partial charge is 0.335 e. The predicted octanol–water partition coefficient (Wildman–Crippen LogP) is 4.26. The summed E-state index contributed by atoms with van der Waals surface area (Å²) >= 11 is 1.45. The Morgan fingerprint density at radius 2 is 2.10 bits per heavy atom. The number of nitrogens with zero attached hydrogens (tertiary/aromatic N) is 5. The lowest BCUT2D eigenvalue weighted by Gasteiger charge is -2.11. The minimum absolute atomic E-state index is 0.0472. The maximum Gasteiger partial charge on any atom is 0.178 e. The number of rotatable bonds is 9. The topological polar surface area (TPSA) is 125 Å². The molecule has 10 heteroatoms. The van der Waals surface area contributed by atoms with Gasteiger partial charge in [0.25, 0.3) is 0 Å². The van der Waals surface area contributed by atoms with Crippen molar-refractivity contribution in [3.8, 4) is 22.0 Å². The first-order valence-electron chi connectivity index (χ1n) is 13.8. The van der Waals surface area contributed by atoms with Crippen LogP contribution < -0.4 is 15.9 Å². The lowest BCUT2D eigenvalue weighted by molar-refractivity contribution is 0.102. The zero-order chi connectivity index (χ0) is 28.3. The molecule has 0 amide bonds. The normalized spacial score (nSPS) is 14.9. The molecule has 1 aliphatic rings. The average Bonchev–Trinajstić information content (AvgIpc) is 3.79. The fourth-order valence-electron chi connectivity index (χ4n) is 5.40. The summed E-state index contributed by atoms with van der Waals surface area (Å²) in [6.07, 6.45) is 12.8. The highest BCUT2D eigenvalue weighted by atomic mass is 32.1. The molecule has 6 rings (SSSR count). The number of fused-ring (bicyclic) bond motifs is 1. The van der Waals surface area contributed by atoms with Gasteiger partial charge in [-0.25, -0.2) is 9.97 Å². The van der Waals surface area contributed by atoms with Gasteiger partial charge in [-0.3, -0.25) is 19.9 Å². The first kappa shape index (κ1) is 26.9. The van der Waals surface area contributed by atoms with Gasteiger partial charge in [-0.05, 0) is 68.1 Å². The summed E-state index contributed by atoms with van der Waals surface area (Å²) in [6, 6.07) is 7.86. The first-order chi connectivity index (χ1) is 20.0. The number of ketones is 1. The number of aromatic nitrogens is 6. The standard InChI is InChI=1S/C31H32N8OS/c1-18-24(13-25(32-3)22-12-21(16-34-17-22)15-33-14-20-6-4-5-7-20)29(39-38-18)31-36-28-23(10-11-35-30(28)37-31)27-9-8-26(41-27)19(2)40/h8-13,16-17,20,33,38H,1,4-7,14-15H2,2-3H3,(H,35,36,37)/b24-13+,32-25?. The van der Waals surface area contributed by atoms with Crippen LogP contribution in [0.4, 0.5) is 0 Å². The van der Waals surface area contributed by atoms with Crippen LogP contribution in [0.2, 0.25) is 0 Å². The van der Waals surface area contributed by atoms with E-state index < -0.39 is 0 Å². The van der Waals surface area contributed by atoms with Gasteiger partial charge in [0.1, 0.15) is 5.69 Å². The summed E-state index contributed by atoms with van der Waals surface area (Å²) in [6.45, 7) is 7.56. The highest BCUT2D eigenvalue weighted by Crippen LogP contribution is 2.33. The highest BCUT2D eigenvalue weighted by Gasteiger charge is 2.17. The van der Waals surface area contributed by atoms with E-state index in [0.717, 1.165) is 57.0 Å². The van der Waals surface area contributed by atoms with Crippen molar-refractivity contribution in [1.29, 1.82) is 0 Å². The molecule has 0 bridgehead atoms. The molecule has 1 saturated carbocycles. The fourth-order valence-corrected chi connectivity index (χ4v) is 6.33. The maximum atomic E-state index is 11.9. The van der Waals surface area contributed by atoms with Crippen LogP contribution in [0.5, 0.6) is 0 Å². The van der Waals surface area contributed by atoms with E-state index in [1.165, 1.54) is 37.0 Å². The van der Waals surface area contributed by atoms with E-state index in [-0.39, 0.29) is 5.78 Å². The van der Waals surface area contributed by atoms with Gasteiger partial charge in [-0.1, -0.05) is 19.4 Å². The molecule has 0 radical (unpaired) electrons. The summed E-state index contributed by atoms with van der Waals surface area (Å²) in [4.78, 5) is 35.2. The molecular weight excluding hydrogens is 532 g/mol. The van der Waals surface area contributed by atoms with E-state index in [1.807, 2.05) is 36.7 Å². The number of thiophene rings is 1. The SMILES string of the molecule is C=c1[nH]nc(-c2nc3nccc(-c4ccc(C(C)=O)s4)c3[nH]2)/c1=C/C(=NC)c1cncc(CNCC2CCCC2)c1. The molecule has 41 heavy (non-hydrogen) atoms. The molecule has 0 unspecified atom stereocenters. The lowest BCUT2D eigenvalue weighted by atomic mass is 10.1. The monoisotopic (exact) mass is 564 g/mol. The summed E-state index contributed by atoms with van der Waals surface area (Å²) in [7, 11) is 1.77. The van der Waals surface area contributed by atoms with Crippen molar-refractivity contribution in [3.63, 3.8) is 0 Å². The predicted molar refractivity (Wildman–Crippen MR) is 164 cm³/mol. The second-order valence-corrected chi connectivity index (χ2v) is 11.5. The number of pyridine rings is 2. The highest BCUT2D eigenvalue weighted by molar-refractivity contribution is 7.17. The molecule has 208 valence electrons. The van der Waals surface area contributed by atoms with Crippen LogP contribution in [-0.4, -0.2) is 55.2 Å². The van der Waals surface area contributed by atoms with Gasteiger partial charge >= 0.3 is 0 Å². The van der Waals surface area contributed by atoms with E-state index in [4.69, 9.17) is 4.98 Å². The fraction of sp³-hybridized carbons (Fsp3) is 0.290. The third kappa shape index (κ3) is 5.66. The third-order valence-electron chi connectivity index (χ3n) is 7.57. The van der Waals surface area contributed by atoms with Crippen molar-refractivity contribution in [2.24, 2.45) is 10.9 Å². The summed E-state index contributed by atoms with van der Waals surface area (Å²) in [5.41, 5.74) is 5.72. The van der Waals surface area contributed by atoms with Gasteiger partial charge in [0.2, 0.25) is 0 Å². The Morgan fingerprint density at radius 1 is 1.24 bits per heavy atom. The number of Topliss-reactive ketones (excluding diaryl/α,β-unsaturated/α-hetero) is 1. The Hall–Kier alpha value is -4.28. The molecule has 0 aromatic carbocycles. The van der Waals surface area contributed by atoms with Crippen LogP contribution in [0.3, 0.4) is 0 Å². The second kappa shape index (κ2) is 11.7. The number of hydrogen-bond donors (Lipinski definition) is 3. The zero-order valence-electron chi connectivity index (χ0n) is 23.2. The van der Waals surface area contributed by atoms with Crippen LogP contribution in [0.15, 0.2) is 47.8 Å². The Balaban J connectivity index is 1.31. The van der Waals surface area contributed by atoms with Crippen molar-refractivity contribution in [3.05, 3.63) is 69.4 Å². The van der Waals surface area contributed by atoms with Crippen molar-refractivity contribution in [2.45, 2.75) is 39.2 Å². The molecular formula is C31H32N8OS. The quantitative estimate of drug-likeness (QED) is 0.182. The van der Waals surface area contributed by atoms with Gasteiger partial charge in [0, 0.05) is 53.4 Å². The molecule has 0 atom stereocenters. The average molecular weight is 565 g/mol. The van der Waals surface area contributed by atoms with Gasteiger partial charge in [0.15, 0.2) is 17.3 Å². The minimum atomic E-state index is 0.0472. The van der Waals surface area contributed by atoms with E-state index in [2.05, 4.69) is 48.1 Å². The molecule has 0 aliphatic heterocycles. The summed E-state index contributed by atoms with van der Waals surface area (Å²) in [5.74, 6) is 1.40. The molecule has 5 aromatic heterocycles. The maximum absolute atomic E-state index is 11.9. The third-order valence-corrected chi connectivity index (χ3v) is 8.79. The number of imidazole rings is 1. The molecule has 9 nitrogen and oxygen atoms in total. The Morgan fingerprint density at radius 3 is 2.88 bits per heavy atom. The van der Waals surface area contributed by atoms with Gasteiger partial charge in [-0.2, -0.15) is 5.10 Å². The smallest absolute Gasteiger partial charge is 0.178 e. The summed E-state index contributed by atoms with van der Waals surface area (Å²) < 4.78 is 0. The van der Waals surface area contributed by atoms with Crippen LogP contribution in [0.25, 0.3) is 45.8 Å². The van der Waals surface area contributed by atoms with Crippen molar-refractivity contribution >= 4 is 46.7 Å². The van der Waals surface area contributed by atoms with Gasteiger partial charge < -0.3 is 10.3 Å². The molecule has 0 spiro atoms. The van der Waals surface area contributed by atoms with Crippen molar-refractivity contribution < 1.29 is 4.79 Å². The number of aliphatic imine (C=N–C) groups is 1. The van der Waals surface area contributed by atoms with Gasteiger partial charge in [-0.15, -0.1) is 11.3 Å². The van der Waals surface area contributed by atoms with E-state index in [1.54, 1.807) is 20.2 Å². The van der Waals surface area contributed by atoms with Crippen LogP contribution in [-0.2, 0) is 6.54 Å². The number of carbonyl (C=O) groups is 1. The molecule has 1 aliphatic carbocycles. The molecule has 0 saturated heterocycles. The zero-order valence-corrected chi connectivity index (χ0v) is 24.0. The van der Waals surface area contributed by atoms with E-state index in [9.17, 15) is 4.79 Å². The molecule has 5 aromatic rings. The van der Waals surface area contributed by atoms with Crippen LogP contribution >= 0.6 is 11.3 Å². The van der Waals surface area contributed by atoms with E-state index in [0.29, 0.717) is 27.4 Å². The van der Waals surface area contributed by atoms with Gasteiger partial charge in [0.05, 0.1) is 21.5 Å². The number of hydrogen-bond acceptors (Lipinski definition) is 8. The Kier molecular flexibility index (Phi) is 7.67. The summed E-state index contributed by atoms with van der Waals surface area (Å²) in [5, 5.41) is 12.6. The Bertz CT molecular complexity index is 1860. The number of H-pyrrole nitrogens is 2. The Labute approximate surface area is 241 Å². The second-order valence-electron chi connectivity index (χ2n) is 10.4. The lowest BCUT2D eigenvalue weighted by Crippen LogP contribution is -2.24. The molecule has 3 N–H and O–H groups in total. The molecule has 1 fully saturated rings. The molecule has 5 heterocycles. The first-order valence-corrected chi connectivity index (χ1v) is 14.6. The van der Waals surface area contributed by atoms with Crippen LogP contribution in [0, 0.1) is 5.92 Å². The van der Waals surface area contributed by atoms with Crippen LogP contribution in [0.1, 0.15) is 53.4 Å². The minimum Gasteiger partial charge on any atom is -0.335 e.